The quantitative estimate of drug-likeness (QED) is 0.111. The van der Waals surface area contributed by atoms with Gasteiger partial charge in [0.25, 0.3) is 0 Å². The summed E-state index contributed by atoms with van der Waals surface area (Å²) in [5, 5.41) is 31.5. The van der Waals surface area contributed by atoms with Crippen molar-refractivity contribution in [2.24, 2.45) is 0 Å². The number of benzene rings is 8. The van der Waals surface area contributed by atoms with Gasteiger partial charge in [0.1, 0.15) is 40.1 Å². The maximum atomic E-state index is 11.9. The fourth-order valence-electron chi connectivity index (χ4n) is 8.59. The molecule has 0 amide bonds. The maximum absolute atomic E-state index is 11.9. The van der Waals surface area contributed by atoms with Crippen molar-refractivity contribution < 1.29 is 24.5 Å². The SMILES string of the molecule is BrCc1ccccc1Br.CC(C)(C)SCc1ccccc1-c1c2ccc(=O)cc-2oc2cc(O)ccc12.CC(C)(C)SCc1ccccc1Br.Oc1ccc2c(c1)Oc1cc(O)ccc1C21SCc2ccccc21. The van der Waals surface area contributed by atoms with E-state index in [1.54, 1.807) is 42.5 Å². The van der Waals surface area contributed by atoms with Crippen molar-refractivity contribution in [3.8, 4) is 51.2 Å². The average Bonchev–Trinajstić information content (AvgIpc) is 3.74. The second-order valence-electron chi connectivity index (χ2n) is 19.7. The van der Waals surface area contributed by atoms with Crippen LogP contribution in [-0.4, -0.2) is 24.8 Å². The van der Waals surface area contributed by atoms with Gasteiger partial charge in [0.05, 0.1) is 4.75 Å². The summed E-state index contributed by atoms with van der Waals surface area (Å²) in [6, 6.07) is 54.0. The summed E-state index contributed by atoms with van der Waals surface area (Å²) in [5.41, 5.74) is 12.0. The molecule has 4 aliphatic rings. The molecule has 3 heterocycles. The number of phenolic OH excluding ortho intramolecular Hbond substituents is 3. The molecule has 12 heteroatoms. The fourth-order valence-corrected chi connectivity index (χ4v) is 13.8. The van der Waals surface area contributed by atoms with E-state index in [2.05, 4.69) is 162 Å². The lowest BCUT2D eigenvalue weighted by molar-refractivity contribution is 0.425. The van der Waals surface area contributed by atoms with Gasteiger partial charge in [0.15, 0.2) is 5.43 Å². The number of aromatic hydroxyl groups is 3. The van der Waals surface area contributed by atoms with Gasteiger partial charge in [0.2, 0.25) is 0 Å². The maximum Gasteiger partial charge on any atom is 0.182 e. The number of ether oxygens (including phenoxy) is 1. The smallest absolute Gasteiger partial charge is 0.182 e. The van der Waals surface area contributed by atoms with Crippen LogP contribution >= 0.6 is 83.1 Å². The van der Waals surface area contributed by atoms with Crippen LogP contribution in [0.5, 0.6) is 28.7 Å². The molecule has 0 unspecified atom stereocenters. The molecule has 1 spiro atoms. The number of thioether (sulfide) groups is 3. The third-order valence-corrected chi connectivity index (χ3v) is 18.4. The van der Waals surface area contributed by atoms with Gasteiger partial charge in [-0.05, 0) is 94.0 Å². The van der Waals surface area contributed by atoms with Crippen LogP contribution in [0.1, 0.15) is 80.5 Å². The Morgan fingerprint density at radius 3 is 1.69 bits per heavy atom. The number of hydrogen-bond donors (Lipinski definition) is 3. The number of rotatable bonds is 6. The highest BCUT2D eigenvalue weighted by molar-refractivity contribution is 9.11. The molecule has 0 radical (unpaired) electrons. The van der Waals surface area contributed by atoms with E-state index in [4.69, 9.17) is 9.15 Å². The van der Waals surface area contributed by atoms with E-state index in [9.17, 15) is 20.1 Å². The molecule has 0 bridgehead atoms. The van der Waals surface area contributed by atoms with Gasteiger partial charge in [0, 0.05) is 92.9 Å². The Labute approximate surface area is 472 Å². The highest BCUT2D eigenvalue weighted by Gasteiger charge is 2.48. The molecule has 7 aromatic carbocycles. The standard InChI is InChI=1S/C24H22O3S.C20H14O3S.C11H15BrS.C7H6Br2/c1-24(2,3)28-14-15-6-4-5-7-18(15)23-19-10-8-16(25)12-21(19)27-22-13-17(26)9-11-20(22)23;21-13-5-7-16-18(9-13)23-19-10-14(22)6-8-17(19)20(16)15-4-2-1-3-12(15)11-24-20;1-11(2,3)13-8-9-6-4-5-7-10(9)12;8-5-6-3-1-2-4-7(6)9/h4-13,25H,14H2,1-3H3;1-10,21-22H,11H2;4-7H,8H2,1-3H3;1-4H,5H2. The van der Waals surface area contributed by atoms with Gasteiger partial charge in [-0.2, -0.15) is 23.5 Å². The topological polar surface area (TPSA) is 100 Å². The predicted molar refractivity (Wildman–Crippen MR) is 323 cm³/mol. The normalized spacial score (nSPS) is 13.0. The number of hydrogen-bond acceptors (Lipinski definition) is 9. The average molecular weight is 1230 g/mol. The minimum absolute atomic E-state index is 0.0988. The first-order valence-electron chi connectivity index (χ1n) is 24.0. The molecule has 1 aliphatic carbocycles. The van der Waals surface area contributed by atoms with Gasteiger partial charge in [-0.15, -0.1) is 11.8 Å². The summed E-state index contributed by atoms with van der Waals surface area (Å²) in [5.74, 6) is 5.14. The molecule has 380 valence electrons. The second-order valence-corrected chi connectivity index (χ2v) is 26.7. The van der Waals surface area contributed by atoms with Crippen molar-refractivity contribution in [2.75, 3.05) is 0 Å². The summed E-state index contributed by atoms with van der Waals surface area (Å²) in [7, 11) is 0. The molecule has 0 fully saturated rings. The zero-order chi connectivity index (χ0) is 52.8. The second kappa shape index (κ2) is 23.9. The molecule has 0 atom stereocenters. The molecule has 11 rings (SSSR count). The first-order chi connectivity index (χ1) is 35.3. The van der Waals surface area contributed by atoms with Gasteiger partial charge < -0.3 is 24.5 Å². The summed E-state index contributed by atoms with van der Waals surface area (Å²) >= 11 is 16.1. The fraction of sp³-hybridized carbons (Fsp3) is 0.210. The number of halogens is 3. The lowest BCUT2D eigenvalue weighted by Gasteiger charge is -2.37. The minimum atomic E-state index is -0.374. The highest BCUT2D eigenvalue weighted by Crippen LogP contribution is 2.63. The van der Waals surface area contributed by atoms with E-state index < -0.39 is 0 Å². The number of fused-ring (bicyclic) bond motifs is 8. The molecule has 3 N–H and O–H groups in total. The Hall–Kier alpha value is -5.08. The Balaban J connectivity index is 0.000000143. The summed E-state index contributed by atoms with van der Waals surface area (Å²) in [6.07, 6.45) is 0. The molecular weight excluding hydrogens is 1180 g/mol. The number of alkyl halides is 1. The Kier molecular flexibility index (Phi) is 17.8. The summed E-state index contributed by atoms with van der Waals surface area (Å²) < 4.78 is 14.5. The van der Waals surface area contributed by atoms with E-state index in [-0.39, 0.29) is 32.2 Å². The third-order valence-electron chi connectivity index (χ3n) is 12.1. The van der Waals surface area contributed by atoms with Gasteiger partial charge in [-0.3, -0.25) is 4.79 Å². The highest BCUT2D eigenvalue weighted by atomic mass is 79.9. The van der Waals surface area contributed by atoms with Crippen molar-refractivity contribution in [3.05, 3.63) is 228 Å². The molecule has 3 aliphatic heterocycles. The van der Waals surface area contributed by atoms with Crippen LogP contribution in [0.3, 0.4) is 0 Å². The van der Waals surface area contributed by atoms with Crippen LogP contribution in [-0.2, 0) is 27.3 Å². The molecule has 7 aromatic rings. The molecule has 74 heavy (non-hydrogen) atoms. The predicted octanol–water partition coefficient (Wildman–Crippen LogP) is 18.9. The lowest BCUT2D eigenvalue weighted by Crippen LogP contribution is -2.27. The van der Waals surface area contributed by atoms with E-state index in [1.165, 1.54) is 42.8 Å². The van der Waals surface area contributed by atoms with Crippen LogP contribution in [0.2, 0.25) is 0 Å². The van der Waals surface area contributed by atoms with Gasteiger partial charge in [-0.25, -0.2) is 0 Å². The van der Waals surface area contributed by atoms with Gasteiger partial charge >= 0.3 is 0 Å². The van der Waals surface area contributed by atoms with E-state index in [0.29, 0.717) is 27.6 Å². The Morgan fingerprint density at radius 1 is 0.568 bits per heavy atom. The summed E-state index contributed by atoms with van der Waals surface area (Å²) in [4.78, 5) is 11.9. The third kappa shape index (κ3) is 13.1. The Bertz CT molecular complexity index is 3400. The monoisotopic (exact) mass is 1230 g/mol. The van der Waals surface area contributed by atoms with Crippen molar-refractivity contribution in [3.63, 3.8) is 0 Å². The van der Waals surface area contributed by atoms with Crippen LogP contribution in [0.4, 0.5) is 0 Å². The van der Waals surface area contributed by atoms with Crippen LogP contribution in [0, 0.1) is 0 Å². The largest absolute Gasteiger partial charge is 0.508 e. The molecule has 0 aromatic heterocycles. The molecule has 0 saturated carbocycles. The van der Waals surface area contributed by atoms with E-state index in [1.807, 2.05) is 83.8 Å². The van der Waals surface area contributed by atoms with Crippen LogP contribution in [0.15, 0.2) is 188 Å². The van der Waals surface area contributed by atoms with Crippen molar-refractivity contribution in [2.45, 2.75) is 78.4 Å². The van der Waals surface area contributed by atoms with Crippen molar-refractivity contribution in [1.29, 1.82) is 0 Å². The first kappa shape index (κ1) is 55.2. The van der Waals surface area contributed by atoms with Crippen molar-refractivity contribution in [1.82, 2.24) is 0 Å². The zero-order valence-corrected chi connectivity index (χ0v) is 49.1. The Morgan fingerprint density at radius 2 is 1.09 bits per heavy atom. The molecule has 0 saturated heterocycles. The molecular formula is C62H57Br3O6S3. The summed E-state index contributed by atoms with van der Waals surface area (Å²) in [6.45, 7) is 13.4. The lowest BCUT2D eigenvalue weighted by atomic mass is 9.80. The zero-order valence-electron chi connectivity index (χ0n) is 41.9. The van der Waals surface area contributed by atoms with Crippen LogP contribution < -0.4 is 10.2 Å². The van der Waals surface area contributed by atoms with E-state index in [0.717, 1.165) is 55.8 Å². The first-order valence-corrected chi connectivity index (χ1v) is 29.7. The van der Waals surface area contributed by atoms with Crippen LogP contribution in [0.25, 0.3) is 33.4 Å². The molecule has 6 nitrogen and oxygen atoms in total. The van der Waals surface area contributed by atoms with E-state index >= 15 is 0 Å². The van der Waals surface area contributed by atoms with Gasteiger partial charge in [-0.1, -0.05) is 174 Å². The van der Waals surface area contributed by atoms with Crippen molar-refractivity contribution >= 4 is 94.0 Å². The minimum Gasteiger partial charge on any atom is -0.508 e. The number of phenols is 3.